The fraction of sp³-hybridized carbons (Fsp3) is 0.643. The van der Waals surface area contributed by atoms with Crippen LogP contribution in [-0.2, 0) is 11.2 Å². The number of rotatable bonds is 4. The maximum atomic E-state index is 12.8. The molecule has 0 spiro atoms. The van der Waals surface area contributed by atoms with Gasteiger partial charge in [-0.3, -0.25) is 9.59 Å². The molecule has 5 N–H and O–H groups in total. The minimum atomic E-state index is -0.530. The van der Waals surface area contributed by atoms with Crippen LogP contribution in [0.1, 0.15) is 42.6 Å². The number of thiazole rings is 1. The summed E-state index contributed by atoms with van der Waals surface area (Å²) in [5.41, 5.74) is 12.4. The number of nitrogen functional groups attached to an aromatic ring is 1. The summed E-state index contributed by atoms with van der Waals surface area (Å²) in [4.78, 5) is 31.3. The first-order chi connectivity index (χ1) is 10.3. The minimum Gasteiger partial charge on any atom is -0.375 e. The van der Waals surface area contributed by atoms with Gasteiger partial charge in [-0.1, -0.05) is 18.3 Å². The number of likely N-dealkylation sites (tertiary alicyclic amines) is 1. The van der Waals surface area contributed by atoms with E-state index in [9.17, 15) is 9.59 Å². The van der Waals surface area contributed by atoms with E-state index in [1.807, 2.05) is 20.8 Å². The molecular weight excluding hydrogens is 302 g/mol. The molecule has 2 atom stereocenters. The molecule has 1 aliphatic rings. The molecule has 0 aliphatic carbocycles. The molecular formula is C14H23N5O2S. The topological polar surface area (TPSA) is 114 Å². The molecule has 0 aromatic carbocycles. The van der Waals surface area contributed by atoms with Crippen LogP contribution in [0.25, 0.3) is 0 Å². The monoisotopic (exact) mass is 325 g/mol. The number of hydrogen-bond acceptors (Lipinski definition) is 6. The molecule has 0 bridgehead atoms. The van der Waals surface area contributed by atoms with Crippen molar-refractivity contribution in [2.45, 2.75) is 51.7 Å². The highest BCUT2D eigenvalue weighted by atomic mass is 32.1. The van der Waals surface area contributed by atoms with Gasteiger partial charge in [0.2, 0.25) is 5.91 Å². The van der Waals surface area contributed by atoms with Crippen molar-refractivity contribution in [3.05, 3.63) is 10.6 Å². The Labute approximate surface area is 134 Å². The van der Waals surface area contributed by atoms with Crippen molar-refractivity contribution in [3.63, 3.8) is 0 Å². The van der Waals surface area contributed by atoms with E-state index in [0.29, 0.717) is 35.1 Å². The lowest BCUT2D eigenvalue weighted by molar-refractivity contribution is -0.125. The van der Waals surface area contributed by atoms with Crippen LogP contribution >= 0.6 is 11.3 Å². The quantitative estimate of drug-likeness (QED) is 0.739. The zero-order valence-electron chi connectivity index (χ0n) is 13.1. The van der Waals surface area contributed by atoms with E-state index in [4.69, 9.17) is 11.5 Å². The van der Waals surface area contributed by atoms with E-state index in [1.54, 1.807) is 4.90 Å². The highest BCUT2D eigenvalue weighted by Crippen LogP contribution is 2.26. The number of nitrogens with one attached hydrogen (secondary N) is 1. The van der Waals surface area contributed by atoms with Gasteiger partial charge in [-0.25, -0.2) is 4.98 Å². The van der Waals surface area contributed by atoms with Crippen molar-refractivity contribution in [1.29, 1.82) is 0 Å². The maximum Gasteiger partial charge on any atom is 0.266 e. The zero-order chi connectivity index (χ0) is 16.4. The Hall–Kier alpha value is -1.67. The largest absolute Gasteiger partial charge is 0.375 e. The average molecular weight is 325 g/mol. The van der Waals surface area contributed by atoms with Gasteiger partial charge in [0.25, 0.3) is 5.91 Å². The van der Waals surface area contributed by atoms with Crippen LogP contribution in [0.15, 0.2) is 0 Å². The van der Waals surface area contributed by atoms with Gasteiger partial charge in [0.1, 0.15) is 10.9 Å². The molecule has 2 heterocycles. The van der Waals surface area contributed by atoms with Gasteiger partial charge in [0.05, 0.1) is 5.69 Å². The van der Waals surface area contributed by atoms with E-state index in [0.717, 1.165) is 0 Å². The molecule has 1 aromatic rings. The third-order valence-corrected chi connectivity index (χ3v) is 4.49. The van der Waals surface area contributed by atoms with Crippen LogP contribution < -0.4 is 16.8 Å². The van der Waals surface area contributed by atoms with Crippen molar-refractivity contribution in [2.24, 2.45) is 5.73 Å². The number of aryl methyl sites for hydroxylation is 1. The first-order valence-electron chi connectivity index (χ1n) is 7.45. The second-order valence-electron chi connectivity index (χ2n) is 5.81. The van der Waals surface area contributed by atoms with Crippen LogP contribution in [0.2, 0.25) is 0 Å². The number of hydrogen-bond donors (Lipinski definition) is 3. The summed E-state index contributed by atoms with van der Waals surface area (Å²) < 4.78 is 0. The molecule has 1 aliphatic heterocycles. The lowest BCUT2D eigenvalue weighted by atomic mass is 10.1. The number of aromatic nitrogens is 1. The Morgan fingerprint density at radius 1 is 1.50 bits per heavy atom. The van der Waals surface area contributed by atoms with Gasteiger partial charge >= 0.3 is 0 Å². The van der Waals surface area contributed by atoms with Crippen LogP contribution in [-0.4, -0.2) is 46.4 Å². The number of carbonyl (C=O) groups is 2. The average Bonchev–Trinajstić information content (AvgIpc) is 3.00. The van der Waals surface area contributed by atoms with Crippen LogP contribution in [0.5, 0.6) is 0 Å². The summed E-state index contributed by atoms with van der Waals surface area (Å²) in [7, 11) is 0. The van der Waals surface area contributed by atoms with Gasteiger partial charge < -0.3 is 21.7 Å². The predicted molar refractivity (Wildman–Crippen MR) is 86.6 cm³/mol. The van der Waals surface area contributed by atoms with E-state index >= 15 is 0 Å². The molecule has 8 heteroatoms. The Bertz CT molecular complexity index is 572. The van der Waals surface area contributed by atoms with Crippen LogP contribution in [0.4, 0.5) is 5.13 Å². The van der Waals surface area contributed by atoms with E-state index in [-0.39, 0.29) is 23.9 Å². The van der Waals surface area contributed by atoms with Crippen LogP contribution in [0, 0.1) is 0 Å². The van der Waals surface area contributed by atoms with Gasteiger partial charge in [-0.05, 0) is 26.7 Å². The normalized spacial score (nSPS) is 21.4. The van der Waals surface area contributed by atoms with Crippen molar-refractivity contribution in [2.75, 3.05) is 12.3 Å². The van der Waals surface area contributed by atoms with Gasteiger partial charge in [-0.2, -0.15) is 0 Å². The number of amides is 2. The fourth-order valence-corrected chi connectivity index (χ4v) is 3.51. The fourth-order valence-electron chi connectivity index (χ4n) is 2.63. The highest BCUT2D eigenvalue weighted by Gasteiger charge is 2.39. The van der Waals surface area contributed by atoms with E-state index in [2.05, 4.69) is 10.3 Å². The third-order valence-electron chi connectivity index (χ3n) is 3.57. The molecule has 0 unspecified atom stereocenters. The first-order valence-corrected chi connectivity index (χ1v) is 8.27. The Morgan fingerprint density at radius 2 is 2.18 bits per heavy atom. The molecule has 122 valence electrons. The van der Waals surface area contributed by atoms with E-state index in [1.165, 1.54) is 11.3 Å². The van der Waals surface area contributed by atoms with Gasteiger partial charge in [0.15, 0.2) is 5.13 Å². The van der Waals surface area contributed by atoms with Crippen molar-refractivity contribution in [3.8, 4) is 0 Å². The molecule has 0 saturated carbocycles. The first kappa shape index (κ1) is 16.7. The summed E-state index contributed by atoms with van der Waals surface area (Å²) in [5.74, 6) is -0.366. The molecule has 7 nitrogen and oxygen atoms in total. The number of nitrogens with two attached hydrogens (primary N) is 2. The summed E-state index contributed by atoms with van der Waals surface area (Å²) >= 11 is 1.17. The molecule has 1 fully saturated rings. The second kappa shape index (κ2) is 6.62. The molecule has 1 saturated heterocycles. The Morgan fingerprint density at radius 3 is 2.77 bits per heavy atom. The summed E-state index contributed by atoms with van der Waals surface area (Å²) in [6.45, 7) is 6.07. The van der Waals surface area contributed by atoms with Crippen LogP contribution in [0.3, 0.4) is 0 Å². The lowest BCUT2D eigenvalue weighted by Gasteiger charge is -2.24. The second-order valence-corrected chi connectivity index (χ2v) is 6.84. The molecule has 22 heavy (non-hydrogen) atoms. The molecule has 2 rings (SSSR count). The maximum absolute atomic E-state index is 12.8. The summed E-state index contributed by atoms with van der Waals surface area (Å²) in [6, 6.07) is -0.702. The minimum absolute atomic E-state index is 0.0199. The van der Waals surface area contributed by atoms with Crippen molar-refractivity contribution in [1.82, 2.24) is 15.2 Å². The Balaban J connectivity index is 2.24. The highest BCUT2D eigenvalue weighted by molar-refractivity contribution is 7.17. The predicted octanol–water partition coefficient (Wildman–Crippen LogP) is 0.354. The van der Waals surface area contributed by atoms with Gasteiger partial charge in [0, 0.05) is 18.6 Å². The summed E-state index contributed by atoms with van der Waals surface area (Å²) in [5, 5.41) is 3.22. The van der Waals surface area contributed by atoms with Crippen molar-refractivity contribution < 1.29 is 9.59 Å². The Kier molecular flexibility index (Phi) is 5.02. The third kappa shape index (κ3) is 3.38. The number of anilines is 1. The lowest BCUT2D eigenvalue weighted by Crippen LogP contribution is -2.47. The zero-order valence-corrected chi connectivity index (χ0v) is 13.9. The van der Waals surface area contributed by atoms with Crippen molar-refractivity contribution >= 4 is 28.3 Å². The van der Waals surface area contributed by atoms with E-state index < -0.39 is 6.04 Å². The number of nitrogens with zero attached hydrogens (tertiary/aromatic N) is 2. The molecule has 2 amide bonds. The SMILES string of the molecule is CCc1nc(N)sc1C(=O)N1C[C@@H](N)C[C@H]1C(=O)NC(C)C. The summed E-state index contributed by atoms with van der Waals surface area (Å²) in [6.07, 6.45) is 1.09. The van der Waals surface area contributed by atoms with Gasteiger partial charge in [-0.15, -0.1) is 0 Å². The number of carbonyl (C=O) groups excluding carboxylic acids is 2. The smallest absolute Gasteiger partial charge is 0.266 e. The molecule has 1 aromatic heterocycles. The molecule has 0 radical (unpaired) electrons. The standard InChI is InChI=1S/C14H23N5O2S/c1-4-9-11(22-14(16)18-9)13(21)19-6-8(15)5-10(19)12(20)17-7(2)3/h7-8,10H,4-6,15H2,1-3H3,(H2,16,18)(H,17,20)/t8-,10-/m0/s1.